The second-order valence-electron chi connectivity index (χ2n) is 5.09. The molecule has 1 unspecified atom stereocenters. The van der Waals surface area contributed by atoms with Crippen LogP contribution in [0.25, 0.3) is 0 Å². The molecule has 19 heavy (non-hydrogen) atoms. The van der Waals surface area contributed by atoms with E-state index < -0.39 is 12.0 Å². The van der Waals surface area contributed by atoms with E-state index in [2.05, 4.69) is 5.32 Å². The molecule has 1 fully saturated rings. The number of benzene rings is 1. The maximum Gasteiger partial charge on any atom is 0.326 e. The average molecular weight is 263 g/mol. The summed E-state index contributed by atoms with van der Waals surface area (Å²) in [7, 11) is 1.62. The van der Waals surface area contributed by atoms with Crippen LogP contribution in [0.4, 0.5) is 5.69 Å². The summed E-state index contributed by atoms with van der Waals surface area (Å²) in [4.78, 5) is 11.4. The first-order valence-corrected chi connectivity index (χ1v) is 6.84. The number of carbonyl (C=O) groups is 1. The zero-order valence-electron chi connectivity index (χ0n) is 11.3. The van der Waals surface area contributed by atoms with Crippen molar-refractivity contribution >= 4 is 11.7 Å². The number of carboxylic acid groups (broad SMARTS) is 1. The van der Waals surface area contributed by atoms with Crippen LogP contribution >= 0.6 is 0 Å². The third kappa shape index (κ3) is 3.63. The Bertz CT molecular complexity index is 410. The second kappa shape index (κ2) is 6.45. The molecule has 104 valence electrons. The van der Waals surface area contributed by atoms with E-state index in [1.807, 2.05) is 24.3 Å². The Kier molecular flexibility index (Phi) is 4.66. The minimum atomic E-state index is -0.761. The Hall–Kier alpha value is -1.71. The molecule has 1 saturated carbocycles. The number of rotatable bonds is 5. The van der Waals surface area contributed by atoms with Crippen molar-refractivity contribution in [2.45, 2.75) is 38.1 Å². The van der Waals surface area contributed by atoms with Gasteiger partial charge in [-0.15, -0.1) is 0 Å². The zero-order chi connectivity index (χ0) is 13.7. The van der Waals surface area contributed by atoms with Gasteiger partial charge in [-0.3, -0.25) is 0 Å². The molecular weight excluding hydrogens is 242 g/mol. The van der Waals surface area contributed by atoms with E-state index in [-0.39, 0.29) is 5.92 Å². The minimum Gasteiger partial charge on any atom is -0.497 e. The third-order valence-corrected chi connectivity index (χ3v) is 3.80. The molecule has 0 radical (unpaired) electrons. The highest BCUT2D eigenvalue weighted by molar-refractivity contribution is 5.77. The van der Waals surface area contributed by atoms with E-state index >= 15 is 0 Å². The van der Waals surface area contributed by atoms with E-state index in [4.69, 9.17) is 4.74 Å². The molecule has 0 spiro atoms. The summed E-state index contributed by atoms with van der Waals surface area (Å²) >= 11 is 0. The predicted octanol–water partition coefficient (Wildman–Crippen LogP) is 3.14. The molecule has 0 saturated heterocycles. The van der Waals surface area contributed by atoms with Gasteiger partial charge in [-0.1, -0.05) is 19.3 Å². The number of aliphatic carboxylic acids is 1. The number of methoxy groups -OCH3 is 1. The summed E-state index contributed by atoms with van der Waals surface area (Å²) in [6.45, 7) is 0. The van der Waals surface area contributed by atoms with Gasteiger partial charge in [-0.25, -0.2) is 4.79 Å². The fraction of sp³-hybridized carbons (Fsp3) is 0.533. The van der Waals surface area contributed by atoms with Gasteiger partial charge >= 0.3 is 5.97 Å². The highest BCUT2D eigenvalue weighted by Gasteiger charge is 2.29. The lowest BCUT2D eigenvalue weighted by Crippen LogP contribution is -2.37. The molecule has 0 aliphatic heterocycles. The normalized spacial score (nSPS) is 17.7. The van der Waals surface area contributed by atoms with Crippen LogP contribution in [0.5, 0.6) is 5.75 Å². The molecule has 0 amide bonds. The van der Waals surface area contributed by atoms with Crippen molar-refractivity contribution in [3.8, 4) is 5.75 Å². The van der Waals surface area contributed by atoms with Crippen LogP contribution in [-0.2, 0) is 4.79 Å². The summed E-state index contributed by atoms with van der Waals surface area (Å²) in [6, 6.07) is 6.90. The maximum atomic E-state index is 11.4. The van der Waals surface area contributed by atoms with Crippen LogP contribution in [0.3, 0.4) is 0 Å². The number of hydrogen-bond acceptors (Lipinski definition) is 3. The molecule has 2 rings (SSSR count). The largest absolute Gasteiger partial charge is 0.497 e. The summed E-state index contributed by atoms with van der Waals surface area (Å²) in [5.41, 5.74) is 0.832. The van der Waals surface area contributed by atoms with Crippen LogP contribution in [-0.4, -0.2) is 24.2 Å². The van der Waals surface area contributed by atoms with Crippen molar-refractivity contribution < 1.29 is 14.6 Å². The number of carboxylic acids is 1. The summed E-state index contributed by atoms with van der Waals surface area (Å²) in [5.74, 6) is 0.242. The molecular formula is C15H21NO3. The smallest absolute Gasteiger partial charge is 0.326 e. The van der Waals surface area contributed by atoms with Gasteiger partial charge in [-0.2, -0.15) is 0 Å². The van der Waals surface area contributed by atoms with Crippen LogP contribution < -0.4 is 10.1 Å². The van der Waals surface area contributed by atoms with Gasteiger partial charge in [0.2, 0.25) is 0 Å². The first kappa shape index (κ1) is 13.7. The molecule has 0 aromatic heterocycles. The van der Waals surface area contributed by atoms with E-state index in [1.165, 1.54) is 6.42 Å². The fourth-order valence-electron chi connectivity index (χ4n) is 2.72. The summed E-state index contributed by atoms with van der Waals surface area (Å²) < 4.78 is 5.09. The lowest BCUT2D eigenvalue weighted by molar-refractivity contribution is -0.139. The molecule has 0 heterocycles. The monoisotopic (exact) mass is 263 g/mol. The van der Waals surface area contributed by atoms with Crippen molar-refractivity contribution in [2.75, 3.05) is 12.4 Å². The maximum absolute atomic E-state index is 11.4. The van der Waals surface area contributed by atoms with Crippen molar-refractivity contribution in [1.82, 2.24) is 0 Å². The van der Waals surface area contributed by atoms with Crippen molar-refractivity contribution in [3.63, 3.8) is 0 Å². The Labute approximate surface area is 113 Å². The fourth-order valence-corrected chi connectivity index (χ4v) is 2.72. The molecule has 2 N–H and O–H groups in total. The molecule has 1 atom stereocenters. The summed E-state index contributed by atoms with van der Waals surface area (Å²) in [5, 5.41) is 12.5. The van der Waals surface area contributed by atoms with Crippen LogP contribution in [0.2, 0.25) is 0 Å². The van der Waals surface area contributed by atoms with Crippen LogP contribution in [0.15, 0.2) is 24.3 Å². The lowest BCUT2D eigenvalue weighted by Gasteiger charge is -2.28. The topological polar surface area (TPSA) is 58.6 Å². The van der Waals surface area contributed by atoms with Gasteiger partial charge in [-0.05, 0) is 43.0 Å². The van der Waals surface area contributed by atoms with Gasteiger partial charge in [0.05, 0.1) is 7.11 Å². The van der Waals surface area contributed by atoms with Gasteiger partial charge in [0.15, 0.2) is 0 Å². The first-order valence-electron chi connectivity index (χ1n) is 6.84. The number of ether oxygens (including phenoxy) is 1. The second-order valence-corrected chi connectivity index (χ2v) is 5.09. The van der Waals surface area contributed by atoms with Crippen molar-refractivity contribution in [3.05, 3.63) is 24.3 Å². The number of hydrogen-bond donors (Lipinski definition) is 2. The molecule has 0 bridgehead atoms. The predicted molar refractivity (Wildman–Crippen MR) is 74.6 cm³/mol. The van der Waals surface area contributed by atoms with Crippen molar-refractivity contribution in [1.29, 1.82) is 0 Å². The van der Waals surface area contributed by atoms with E-state index in [1.54, 1.807) is 7.11 Å². The van der Waals surface area contributed by atoms with Crippen LogP contribution in [0, 0.1) is 5.92 Å². The Morgan fingerprint density at radius 1 is 1.26 bits per heavy atom. The SMILES string of the molecule is COc1ccc(NC(C(=O)O)C2CCCCC2)cc1. The zero-order valence-corrected chi connectivity index (χ0v) is 11.3. The third-order valence-electron chi connectivity index (χ3n) is 3.80. The molecule has 1 aliphatic carbocycles. The molecule has 1 aliphatic rings. The van der Waals surface area contributed by atoms with Gasteiger partial charge in [0.25, 0.3) is 0 Å². The molecule has 1 aromatic carbocycles. The minimum absolute atomic E-state index is 0.230. The first-order chi connectivity index (χ1) is 9.20. The molecule has 4 heteroatoms. The number of nitrogens with one attached hydrogen (secondary N) is 1. The van der Waals surface area contributed by atoms with E-state index in [0.717, 1.165) is 37.1 Å². The average Bonchev–Trinajstić information content (AvgIpc) is 2.46. The highest BCUT2D eigenvalue weighted by Crippen LogP contribution is 2.28. The van der Waals surface area contributed by atoms with Gasteiger partial charge < -0.3 is 15.2 Å². The Morgan fingerprint density at radius 3 is 2.42 bits per heavy atom. The van der Waals surface area contributed by atoms with Gasteiger partial charge in [0, 0.05) is 5.69 Å². The Balaban J connectivity index is 2.04. The molecule has 1 aromatic rings. The molecule has 4 nitrogen and oxygen atoms in total. The summed E-state index contributed by atoms with van der Waals surface area (Å²) in [6.07, 6.45) is 5.50. The lowest BCUT2D eigenvalue weighted by atomic mass is 9.84. The van der Waals surface area contributed by atoms with E-state index in [0.29, 0.717) is 0 Å². The Morgan fingerprint density at radius 2 is 1.89 bits per heavy atom. The van der Waals surface area contributed by atoms with Crippen LogP contribution in [0.1, 0.15) is 32.1 Å². The number of anilines is 1. The standard InChI is InChI=1S/C15H21NO3/c1-19-13-9-7-12(8-10-13)16-14(15(17)18)11-5-3-2-4-6-11/h7-11,14,16H,2-6H2,1H3,(H,17,18). The quantitative estimate of drug-likeness (QED) is 0.856. The highest BCUT2D eigenvalue weighted by atomic mass is 16.5. The van der Waals surface area contributed by atoms with Crippen molar-refractivity contribution in [2.24, 2.45) is 5.92 Å². The van der Waals surface area contributed by atoms with E-state index in [9.17, 15) is 9.90 Å². The van der Waals surface area contributed by atoms with Gasteiger partial charge in [0.1, 0.15) is 11.8 Å².